The van der Waals surface area contributed by atoms with E-state index in [2.05, 4.69) is 34.5 Å². The zero-order valence-corrected chi connectivity index (χ0v) is 18.0. The van der Waals surface area contributed by atoms with Gasteiger partial charge in [0.1, 0.15) is 5.75 Å². The lowest BCUT2D eigenvalue weighted by Crippen LogP contribution is -2.39. The highest BCUT2D eigenvalue weighted by atomic mass is 16.5. The molecule has 6 nitrogen and oxygen atoms in total. The third kappa shape index (κ3) is 8.18. The van der Waals surface area contributed by atoms with E-state index in [1.54, 1.807) is 7.11 Å². The lowest BCUT2D eigenvalue weighted by molar-refractivity contribution is -0.117. The first-order chi connectivity index (χ1) is 13.0. The van der Waals surface area contributed by atoms with Gasteiger partial charge in [0.25, 0.3) is 0 Å². The average molecular weight is 379 g/mol. The SMILES string of the molecule is CC.CNc1ccc(NC(=O)CN2CCC(CCN(C)C)CC2)cc1OC. The molecule has 1 heterocycles. The Bertz CT molecular complexity index is 555. The number of methoxy groups -OCH3 is 1. The summed E-state index contributed by atoms with van der Waals surface area (Å²) >= 11 is 0. The van der Waals surface area contributed by atoms with Gasteiger partial charge < -0.3 is 20.3 Å². The molecule has 1 aliphatic heterocycles. The molecular weight excluding hydrogens is 340 g/mol. The zero-order valence-electron chi connectivity index (χ0n) is 18.0. The Balaban J connectivity index is 0.00000176. The third-order valence-corrected chi connectivity index (χ3v) is 4.81. The van der Waals surface area contributed by atoms with Crippen LogP contribution in [0, 0.1) is 5.92 Å². The molecule has 1 saturated heterocycles. The number of nitrogens with one attached hydrogen (secondary N) is 2. The van der Waals surface area contributed by atoms with Crippen molar-refractivity contribution >= 4 is 17.3 Å². The maximum atomic E-state index is 12.3. The highest BCUT2D eigenvalue weighted by molar-refractivity contribution is 5.92. The molecule has 154 valence electrons. The Hall–Kier alpha value is -1.79. The number of carbonyl (C=O) groups is 1. The summed E-state index contributed by atoms with van der Waals surface area (Å²) in [6.07, 6.45) is 3.63. The van der Waals surface area contributed by atoms with E-state index in [0.717, 1.165) is 42.7 Å². The van der Waals surface area contributed by atoms with Crippen molar-refractivity contribution in [3.05, 3.63) is 18.2 Å². The predicted molar refractivity (Wildman–Crippen MR) is 115 cm³/mol. The van der Waals surface area contributed by atoms with Crippen molar-refractivity contribution in [1.82, 2.24) is 9.80 Å². The van der Waals surface area contributed by atoms with Crippen LogP contribution in [0.15, 0.2) is 18.2 Å². The fourth-order valence-electron chi connectivity index (χ4n) is 3.25. The van der Waals surface area contributed by atoms with Gasteiger partial charge in [0.2, 0.25) is 5.91 Å². The van der Waals surface area contributed by atoms with Gasteiger partial charge in [-0.2, -0.15) is 0 Å². The molecule has 0 saturated carbocycles. The van der Waals surface area contributed by atoms with Crippen molar-refractivity contribution < 1.29 is 9.53 Å². The molecule has 0 atom stereocenters. The van der Waals surface area contributed by atoms with Crippen LogP contribution in [-0.2, 0) is 4.79 Å². The van der Waals surface area contributed by atoms with Gasteiger partial charge in [-0.25, -0.2) is 0 Å². The summed E-state index contributed by atoms with van der Waals surface area (Å²) < 4.78 is 5.33. The molecular formula is C21H38N4O2. The largest absolute Gasteiger partial charge is 0.495 e. The van der Waals surface area contributed by atoms with E-state index >= 15 is 0 Å². The second-order valence-corrected chi connectivity index (χ2v) is 7.02. The van der Waals surface area contributed by atoms with E-state index < -0.39 is 0 Å². The molecule has 2 N–H and O–H groups in total. The number of benzene rings is 1. The summed E-state index contributed by atoms with van der Waals surface area (Å²) in [5.41, 5.74) is 1.67. The van der Waals surface area contributed by atoms with E-state index in [4.69, 9.17) is 4.74 Å². The van der Waals surface area contributed by atoms with Gasteiger partial charge in [-0.05, 0) is 71.0 Å². The predicted octanol–water partition coefficient (Wildman–Crippen LogP) is 3.37. The standard InChI is InChI=1S/C19H32N4O2.C2H6/c1-20-17-6-5-16(13-18(17)25-4)21-19(24)14-23-11-8-15(9-12-23)7-10-22(2)3;1-2/h5-6,13,15,20H,7-12,14H2,1-4H3,(H,21,24);1-2H3. The van der Waals surface area contributed by atoms with E-state index in [1.165, 1.54) is 19.3 Å². The normalized spacial score (nSPS) is 15.1. The lowest BCUT2D eigenvalue weighted by atomic mass is 9.93. The second-order valence-electron chi connectivity index (χ2n) is 7.02. The van der Waals surface area contributed by atoms with Crippen LogP contribution in [0.4, 0.5) is 11.4 Å². The van der Waals surface area contributed by atoms with Crippen LogP contribution in [0.5, 0.6) is 5.75 Å². The minimum absolute atomic E-state index is 0.0333. The number of likely N-dealkylation sites (tertiary alicyclic amines) is 1. The molecule has 0 radical (unpaired) electrons. The highest BCUT2D eigenvalue weighted by Crippen LogP contribution is 2.27. The lowest BCUT2D eigenvalue weighted by Gasteiger charge is -2.32. The van der Waals surface area contributed by atoms with Crippen molar-refractivity contribution in [2.24, 2.45) is 5.92 Å². The summed E-state index contributed by atoms with van der Waals surface area (Å²) in [5.74, 6) is 1.55. The number of rotatable bonds is 8. The molecule has 1 aliphatic rings. The summed E-state index contributed by atoms with van der Waals surface area (Å²) in [6, 6.07) is 5.64. The van der Waals surface area contributed by atoms with Gasteiger partial charge >= 0.3 is 0 Å². The number of anilines is 2. The van der Waals surface area contributed by atoms with Gasteiger partial charge in [0.05, 0.1) is 19.3 Å². The van der Waals surface area contributed by atoms with Gasteiger partial charge in [0.15, 0.2) is 0 Å². The molecule has 0 aliphatic carbocycles. The van der Waals surface area contributed by atoms with Crippen LogP contribution >= 0.6 is 0 Å². The number of carbonyl (C=O) groups excluding carboxylic acids is 1. The van der Waals surface area contributed by atoms with Gasteiger partial charge in [-0.1, -0.05) is 13.8 Å². The summed E-state index contributed by atoms with van der Waals surface area (Å²) in [7, 11) is 7.72. The Morgan fingerprint density at radius 1 is 1.26 bits per heavy atom. The number of hydrogen-bond donors (Lipinski definition) is 2. The van der Waals surface area contributed by atoms with Crippen molar-refractivity contribution in [2.75, 3.05) is 65.1 Å². The molecule has 6 heteroatoms. The quantitative estimate of drug-likeness (QED) is 0.726. The number of piperidine rings is 1. The molecule has 0 bridgehead atoms. The zero-order chi connectivity index (χ0) is 20.2. The monoisotopic (exact) mass is 378 g/mol. The maximum absolute atomic E-state index is 12.3. The summed E-state index contributed by atoms with van der Waals surface area (Å²) in [6.45, 7) is 7.62. The van der Waals surface area contributed by atoms with Crippen molar-refractivity contribution in [3.8, 4) is 5.75 Å². The molecule has 2 rings (SSSR count). The van der Waals surface area contributed by atoms with Crippen LogP contribution < -0.4 is 15.4 Å². The Morgan fingerprint density at radius 2 is 1.93 bits per heavy atom. The Labute approximate surface area is 165 Å². The Kier molecular flexibility index (Phi) is 10.8. The van der Waals surface area contributed by atoms with Crippen LogP contribution in [0.3, 0.4) is 0 Å². The van der Waals surface area contributed by atoms with E-state index in [1.807, 2.05) is 39.1 Å². The fraction of sp³-hybridized carbons (Fsp3) is 0.667. The first kappa shape index (κ1) is 23.2. The van der Waals surface area contributed by atoms with Gasteiger partial charge in [-0.3, -0.25) is 9.69 Å². The summed E-state index contributed by atoms with van der Waals surface area (Å²) in [5, 5.41) is 6.04. The van der Waals surface area contributed by atoms with Crippen LogP contribution in [0.2, 0.25) is 0 Å². The minimum Gasteiger partial charge on any atom is -0.495 e. The highest BCUT2D eigenvalue weighted by Gasteiger charge is 2.21. The first-order valence-corrected chi connectivity index (χ1v) is 10.0. The van der Waals surface area contributed by atoms with Crippen molar-refractivity contribution in [1.29, 1.82) is 0 Å². The topological polar surface area (TPSA) is 56.8 Å². The van der Waals surface area contributed by atoms with Crippen LogP contribution in [0.25, 0.3) is 0 Å². The number of hydrogen-bond acceptors (Lipinski definition) is 5. The third-order valence-electron chi connectivity index (χ3n) is 4.81. The number of amides is 1. The molecule has 1 aromatic carbocycles. The van der Waals surface area contributed by atoms with Crippen LogP contribution in [-0.4, -0.2) is 70.1 Å². The van der Waals surface area contributed by atoms with Crippen molar-refractivity contribution in [2.45, 2.75) is 33.1 Å². The molecule has 0 spiro atoms. The van der Waals surface area contributed by atoms with Crippen molar-refractivity contribution in [3.63, 3.8) is 0 Å². The van der Waals surface area contributed by atoms with E-state index in [9.17, 15) is 4.79 Å². The number of nitrogens with zero attached hydrogens (tertiary/aromatic N) is 2. The molecule has 1 amide bonds. The molecule has 1 aromatic rings. The van der Waals surface area contributed by atoms with E-state index in [0.29, 0.717) is 6.54 Å². The smallest absolute Gasteiger partial charge is 0.238 e. The number of ether oxygens (including phenoxy) is 1. The van der Waals surface area contributed by atoms with E-state index in [-0.39, 0.29) is 5.91 Å². The fourth-order valence-corrected chi connectivity index (χ4v) is 3.25. The first-order valence-electron chi connectivity index (χ1n) is 10.0. The molecule has 0 aromatic heterocycles. The van der Waals surface area contributed by atoms with Crippen LogP contribution in [0.1, 0.15) is 33.1 Å². The average Bonchev–Trinajstić information content (AvgIpc) is 2.68. The Morgan fingerprint density at radius 3 is 2.48 bits per heavy atom. The minimum atomic E-state index is 0.0333. The van der Waals surface area contributed by atoms with Gasteiger partial charge in [-0.15, -0.1) is 0 Å². The molecule has 1 fully saturated rings. The molecule has 27 heavy (non-hydrogen) atoms. The molecule has 0 unspecified atom stereocenters. The maximum Gasteiger partial charge on any atom is 0.238 e. The van der Waals surface area contributed by atoms with Gasteiger partial charge in [0, 0.05) is 18.8 Å². The summed E-state index contributed by atoms with van der Waals surface area (Å²) in [4.78, 5) is 16.8. The second kappa shape index (κ2) is 12.6.